The molecule has 20 heavy (non-hydrogen) atoms. The minimum atomic E-state index is -0.871. The van der Waals surface area contributed by atoms with Gasteiger partial charge in [0.25, 0.3) is 0 Å². The second kappa shape index (κ2) is 6.69. The SMILES string of the molecule is CN(Cc1ccco1)C(=O)N1CCSCC1CC(=O)O. The lowest BCUT2D eigenvalue weighted by Crippen LogP contribution is -2.51. The summed E-state index contributed by atoms with van der Waals surface area (Å²) < 4.78 is 5.22. The maximum Gasteiger partial charge on any atom is 0.320 e. The van der Waals surface area contributed by atoms with E-state index < -0.39 is 5.97 Å². The van der Waals surface area contributed by atoms with Gasteiger partial charge in [-0.25, -0.2) is 4.79 Å². The van der Waals surface area contributed by atoms with E-state index in [2.05, 4.69) is 0 Å². The van der Waals surface area contributed by atoms with E-state index in [0.717, 1.165) is 5.75 Å². The molecule has 1 atom stereocenters. The van der Waals surface area contributed by atoms with E-state index in [1.807, 2.05) is 6.07 Å². The summed E-state index contributed by atoms with van der Waals surface area (Å²) in [5, 5.41) is 8.94. The molecule has 0 aromatic carbocycles. The summed E-state index contributed by atoms with van der Waals surface area (Å²) in [6.07, 6.45) is 1.56. The largest absolute Gasteiger partial charge is 0.481 e. The van der Waals surface area contributed by atoms with E-state index in [9.17, 15) is 9.59 Å². The molecule has 2 rings (SSSR count). The van der Waals surface area contributed by atoms with E-state index in [4.69, 9.17) is 9.52 Å². The van der Waals surface area contributed by atoms with Gasteiger partial charge in [0, 0.05) is 25.1 Å². The Bertz CT molecular complexity index is 463. The summed E-state index contributed by atoms with van der Waals surface area (Å²) in [5.74, 6) is 1.36. The van der Waals surface area contributed by atoms with Crippen molar-refractivity contribution in [1.29, 1.82) is 0 Å². The first kappa shape index (κ1) is 14.8. The molecule has 1 aromatic heterocycles. The Balaban J connectivity index is 1.99. The van der Waals surface area contributed by atoms with Crippen LogP contribution >= 0.6 is 11.8 Å². The first-order chi connectivity index (χ1) is 9.58. The highest BCUT2D eigenvalue weighted by Gasteiger charge is 2.30. The molecular formula is C13H18N2O4S. The topological polar surface area (TPSA) is 74.0 Å². The van der Waals surface area contributed by atoms with Crippen LogP contribution in [0.25, 0.3) is 0 Å². The number of carboxylic acids is 1. The van der Waals surface area contributed by atoms with Crippen molar-refractivity contribution in [3.8, 4) is 0 Å². The van der Waals surface area contributed by atoms with Crippen LogP contribution in [0.15, 0.2) is 22.8 Å². The predicted octanol–water partition coefficient (Wildman–Crippen LogP) is 1.72. The first-order valence-electron chi connectivity index (χ1n) is 6.41. The van der Waals surface area contributed by atoms with Crippen molar-refractivity contribution in [2.75, 3.05) is 25.1 Å². The zero-order chi connectivity index (χ0) is 14.5. The van der Waals surface area contributed by atoms with Crippen LogP contribution in [0.3, 0.4) is 0 Å². The Morgan fingerprint density at radius 1 is 1.60 bits per heavy atom. The van der Waals surface area contributed by atoms with E-state index in [1.54, 1.807) is 40.9 Å². The van der Waals surface area contributed by atoms with Gasteiger partial charge in [-0.15, -0.1) is 0 Å². The van der Waals surface area contributed by atoms with Crippen LogP contribution in [-0.4, -0.2) is 58.0 Å². The Morgan fingerprint density at radius 2 is 2.40 bits per heavy atom. The summed E-state index contributed by atoms with van der Waals surface area (Å²) in [5.41, 5.74) is 0. The number of hydrogen-bond donors (Lipinski definition) is 1. The van der Waals surface area contributed by atoms with Gasteiger partial charge in [0.15, 0.2) is 0 Å². The summed E-state index contributed by atoms with van der Waals surface area (Å²) in [6, 6.07) is 3.20. The number of nitrogens with zero attached hydrogens (tertiary/aromatic N) is 2. The molecule has 0 aliphatic carbocycles. The number of urea groups is 1. The lowest BCUT2D eigenvalue weighted by Gasteiger charge is -2.37. The fraction of sp³-hybridized carbons (Fsp3) is 0.538. The van der Waals surface area contributed by atoms with Gasteiger partial charge in [-0.3, -0.25) is 4.79 Å². The highest BCUT2D eigenvalue weighted by atomic mass is 32.2. The zero-order valence-corrected chi connectivity index (χ0v) is 12.1. The zero-order valence-electron chi connectivity index (χ0n) is 11.3. The maximum absolute atomic E-state index is 12.4. The highest BCUT2D eigenvalue weighted by Crippen LogP contribution is 2.20. The predicted molar refractivity (Wildman–Crippen MR) is 75.6 cm³/mol. The van der Waals surface area contributed by atoms with Crippen molar-refractivity contribution in [3.63, 3.8) is 0 Å². The molecule has 1 unspecified atom stereocenters. The number of hydrogen-bond acceptors (Lipinski definition) is 4. The Kier molecular flexibility index (Phi) is 4.94. The van der Waals surface area contributed by atoms with Gasteiger partial charge in [-0.05, 0) is 12.1 Å². The summed E-state index contributed by atoms with van der Waals surface area (Å²) in [7, 11) is 1.70. The van der Waals surface area contributed by atoms with Gasteiger partial charge in [0.1, 0.15) is 5.76 Å². The molecule has 7 heteroatoms. The lowest BCUT2D eigenvalue weighted by molar-refractivity contribution is -0.138. The minimum absolute atomic E-state index is 0.00662. The quantitative estimate of drug-likeness (QED) is 0.916. The fourth-order valence-electron chi connectivity index (χ4n) is 2.20. The van der Waals surface area contributed by atoms with Crippen LogP contribution in [-0.2, 0) is 11.3 Å². The number of amides is 2. The van der Waals surface area contributed by atoms with E-state index in [-0.39, 0.29) is 18.5 Å². The van der Waals surface area contributed by atoms with Crippen LogP contribution in [0.2, 0.25) is 0 Å². The summed E-state index contributed by atoms with van der Waals surface area (Å²) in [4.78, 5) is 26.5. The molecule has 1 saturated heterocycles. The molecule has 1 N–H and O–H groups in total. The number of rotatable bonds is 4. The molecule has 1 fully saturated rings. The molecule has 6 nitrogen and oxygen atoms in total. The molecule has 110 valence electrons. The van der Waals surface area contributed by atoms with Crippen LogP contribution in [0, 0.1) is 0 Å². The summed E-state index contributed by atoms with van der Waals surface area (Å²) >= 11 is 1.69. The van der Waals surface area contributed by atoms with Crippen LogP contribution in [0.5, 0.6) is 0 Å². The maximum atomic E-state index is 12.4. The molecule has 0 spiro atoms. The van der Waals surface area contributed by atoms with Gasteiger partial charge >= 0.3 is 12.0 Å². The molecule has 1 aromatic rings. The number of carbonyl (C=O) groups excluding carboxylic acids is 1. The monoisotopic (exact) mass is 298 g/mol. The molecule has 0 bridgehead atoms. The van der Waals surface area contributed by atoms with Gasteiger partial charge in [-0.2, -0.15) is 11.8 Å². The lowest BCUT2D eigenvalue weighted by atomic mass is 10.2. The van der Waals surface area contributed by atoms with Crippen molar-refractivity contribution in [3.05, 3.63) is 24.2 Å². The standard InChI is InChI=1S/C13H18N2O4S/c1-14(8-11-3-2-5-19-11)13(18)15-4-6-20-9-10(15)7-12(16)17/h2-3,5,10H,4,6-9H2,1H3,(H,16,17). The number of aliphatic carboxylic acids is 1. The molecule has 0 saturated carbocycles. The number of furan rings is 1. The minimum Gasteiger partial charge on any atom is -0.481 e. The van der Waals surface area contributed by atoms with Gasteiger partial charge < -0.3 is 19.3 Å². The molecule has 0 radical (unpaired) electrons. The average Bonchev–Trinajstić information content (AvgIpc) is 2.90. The third-order valence-corrected chi connectivity index (χ3v) is 4.27. The smallest absolute Gasteiger partial charge is 0.320 e. The van der Waals surface area contributed by atoms with Crippen molar-refractivity contribution in [2.24, 2.45) is 0 Å². The van der Waals surface area contributed by atoms with E-state index >= 15 is 0 Å². The van der Waals surface area contributed by atoms with Gasteiger partial charge in [0.05, 0.1) is 25.3 Å². The normalized spacial score (nSPS) is 18.9. The van der Waals surface area contributed by atoms with E-state index in [0.29, 0.717) is 24.6 Å². The van der Waals surface area contributed by atoms with Crippen molar-refractivity contribution in [1.82, 2.24) is 9.80 Å². The average molecular weight is 298 g/mol. The molecule has 2 amide bonds. The molecule has 1 aliphatic rings. The van der Waals surface area contributed by atoms with Crippen LogP contribution < -0.4 is 0 Å². The van der Waals surface area contributed by atoms with Crippen molar-refractivity contribution < 1.29 is 19.1 Å². The Hall–Kier alpha value is -1.63. The third kappa shape index (κ3) is 3.69. The fourth-order valence-corrected chi connectivity index (χ4v) is 3.26. The highest BCUT2D eigenvalue weighted by molar-refractivity contribution is 7.99. The van der Waals surface area contributed by atoms with Gasteiger partial charge in [0.2, 0.25) is 0 Å². The Morgan fingerprint density at radius 3 is 3.05 bits per heavy atom. The van der Waals surface area contributed by atoms with E-state index in [1.165, 1.54) is 0 Å². The van der Waals surface area contributed by atoms with Crippen molar-refractivity contribution in [2.45, 2.75) is 19.0 Å². The molecule has 1 aliphatic heterocycles. The second-order valence-electron chi connectivity index (χ2n) is 4.74. The third-order valence-electron chi connectivity index (χ3n) is 3.18. The van der Waals surface area contributed by atoms with Crippen LogP contribution in [0.1, 0.15) is 12.2 Å². The number of carbonyl (C=O) groups is 2. The Labute approximate surface area is 121 Å². The molecular weight excluding hydrogens is 280 g/mol. The summed E-state index contributed by atoms with van der Waals surface area (Å²) in [6.45, 7) is 0.971. The number of thioether (sulfide) groups is 1. The van der Waals surface area contributed by atoms with Crippen molar-refractivity contribution >= 4 is 23.8 Å². The van der Waals surface area contributed by atoms with Gasteiger partial charge in [-0.1, -0.05) is 0 Å². The second-order valence-corrected chi connectivity index (χ2v) is 5.89. The molecule has 2 heterocycles. The number of carboxylic acid groups (broad SMARTS) is 1. The first-order valence-corrected chi connectivity index (χ1v) is 7.57. The van der Waals surface area contributed by atoms with Crippen LogP contribution in [0.4, 0.5) is 4.79 Å².